The van der Waals surface area contributed by atoms with E-state index in [4.69, 9.17) is 4.74 Å². The Morgan fingerprint density at radius 3 is 2.43 bits per heavy atom. The molecule has 0 unspecified atom stereocenters. The molecule has 0 N–H and O–H groups in total. The van der Waals surface area contributed by atoms with Gasteiger partial charge in [0.15, 0.2) is 0 Å². The van der Waals surface area contributed by atoms with Crippen molar-refractivity contribution in [2.75, 3.05) is 7.11 Å². The van der Waals surface area contributed by atoms with Crippen molar-refractivity contribution in [2.45, 2.75) is 12.7 Å². The number of pyridine rings is 1. The molecule has 2 aromatic heterocycles. The Morgan fingerprint density at radius 2 is 1.70 bits per heavy atom. The van der Waals surface area contributed by atoms with E-state index in [1.807, 2.05) is 0 Å². The van der Waals surface area contributed by atoms with Crippen molar-refractivity contribution in [1.82, 2.24) is 19.6 Å². The van der Waals surface area contributed by atoms with E-state index in [-0.39, 0.29) is 12.1 Å². The quantitative estimate of drug-likeness (QED) is 0.303. The normalized spacial score (nSPS) is 11.6. The lowest BCUT2D eigenvalue weighted by Gasteiger charge is -2.18. The van der Waals surface area contributed by atoms with Gasteiger partial charge in [-0.25, -0.2) is 4.68 Å². The SMILES string of the molecule is COc1cccc(-n2cc(Cn3c(=O)c(C(=O)C(F)(F)F)c(-c4ccccc4)c4ccccc43)nn2)c1. The lowest BCUT2D eigenvalue weighted by molar-refractivity contribution is -0.0885. The standard InChI is InChI=1S/C27H19F3N4O3/c1-37-20-11-7-10-19(14-20)34-16-18(31-32-34)15-33-22-13-6-5-12-21(22)23(17-8-3-2-4-9-17)24(26(33)36)25(35)27(28,29)30/h2-14,16H,15H2,1H3. The Bertz CT molecular complexity index is 1670. The minimum atomic E-state index is -5.24. The summed E-state index contributed by atoms with van der Waals surface area (Å²) in [6, 6.07) is 21.7. The first-order valence-electron chi connectivity index (χ1n) is 11.2. The highest BCUT2D eigenvalue weighted by Gasteiger charge is 2.43. The lowest BCUT2D eigenvalue weighted by Crippen LogP contribution is -2.34. The zero-order chi connectivity index (χ0) is 26.2. The Morgan fingerprint density at radius 1 is 0.973 bits per heavy atom. The fraction of sp³-hybridized carbons (Fsp3) is 0.111. The van der Waals surface area contributed by atoms with Gasteiger partial charge in [0, 0.05) is 17.0 Å². The number of hydrogen-bond donors (Lipinski definition) is 0. The van der Waals surface area contributed by atoms with Gasteiger partial charge in [0.1, 0.15) is 17.0 Å². The number of Topliss-reactive ketones (excluding diaryl/α,β-unsaturated/α-hetero) is 1. The third-order valence-electron chi connectivity index (χ3n) is 5.90. The van der Waals surface area contributed by atoms with E-state index in [9.17, 15) is 22.8 Å². The summed E-state index contributed by atoms with van der Waals surface area (Å²) in [5.41, 5.74) is -0.399. The molecule has 2 heterocycles. The van der Waals surface area contributed by atoms with Crippen LogP contribution in [0.1, 0.15) is 16.1 Å². The summed E-state index contributed by atoms with van der Waals surface area (Å²) in [6.07, 6.45) is -3.68. The molecule has 0 bridgehead atoms. The van der Waals surface area contributed by atoms with Gasteiger partial charge in [-0.1, -0.05) is 59.8 Å². The van der Waals surface area contributed by atoms with Crippen molar-refractivity contribution >= 4 is 16.7 Å². The minimum Gasteiger partial charge on any atom is -0.497 e. The maximum atomic E-state index is 13.7. The number of methoxy groups -OCH3 is 1. The fourth-order valence-electron chi connectivity index (χ4n) is 4.23. The molecule has 3 aromatic carbocycles. The molecule has 0 atom stereocenters. The van der Waals surface area contributed by atoms with E-state index in [1.54, 1.807) is 85.1 Å². The fourth-order valence-corrected chi connectivity index (χ4v) is 4.23. The van der Waals surface area contributed by atoms with Gasteiger partial charge in [-0.3, -0.25) is 9.59 Å². The summed E-state index contributed by atoms with van der Waals surface area (Å²) in [5, 5.41) is 8.51. The van der Waals surface area contributed by atoms with Crippen molar-refractivity contribution < 1.29 is 22.7 Å². The Balaban J connectivity index is 1.70. The number of aromatic nitrogens is 4. The molecule has 0 spiro atoms. The van der Waals surface area contributed by atoms with E-state index >= 15 is 0 Å². The molecule has 0 saturated carbocycles. The van der Waals surface area contributed by atoms with Gasteiger partial charge in [0.25, 0.3) is 11.3 Å². The van der Waals surface area contributed by atoms with Crippen LogP contribution in [0.25, 0.3) is 27.7 Å². The van der Waals surface area contributed by atoms with Crippen molar-refractivity contribution in [2.24, 2.45) is 0 Å². The number of ether oxygens (including phenoxy) is 1. The molecule has 0 saturated heterocycles. The van der Waals surface area contributed by atoms with Crippen LogP contribution in [0.3, 0.4) is 0 Å². The molecule has 10 heteroatoms. The molecule has 0 fully saturated rings. The van der Waals surface area contributed by atoms with Crippen LogP contribution >= 0.6 is 0 Å². The minimum absolute atomic E-state index is 0.0557. The van der Waals surface area contributed by atoms with Crippen LogP contribution in [-0.4, -0.2) is 38.6 Å². The van der Waals surface area contributed by atoms with Crippen LogP contribution in [0.15, 0.2) is 89.9 Å². The number of benzene rings is 3. The number of fused-ring (bicyclic) bond motifs is 1. The van der Waals surface area contributed by atoms with Crippen LogP contribution in [-0.2, 0) is 6.54 Å². The number of halogens is 3. The van der Waals surface area contributed by atoms with Crippen LogP contribution in [0.4, 0.5) is 13.2 Å². The Kier molecular flexibility index (Phi) is 6.08. The Labute approximate surface area is 208 Å². The first kappa shape index (κ1) is 24.0. The van der Waals surface area contributed by atoms with E-state index in [1.165, 1.54) is 11.8 Å². The van der Waals surface area contributed by atoms with Gasteiger partial charge in [-0.15, -0.1) is 5.10 Å². The second-order valence-electron chi connectivity index (χ2n) is 8.21. The molecule has 37 heavy (non-hydrogen) atoms. The molecule has 7 nitrogen and oxygen atoms in total. The van der Waals surface area contributed by atoms with Gasteiger partial charge in [-0.2, -0.15) is 13.2 Å². The maximum absolute atomic E-state index is 13.7. The highest BCUT2D eigenvalue weighted by Crippen LogP contribution is 2.34. The smallest absolute Gasteiger partial charge is 0.455 e. The van der Waals surface area contributed by atoms with Crippen LogP contribution < -0.4 is 10.3 Å². The molecule has 186 valence electrons. The van der Waals surface area contributed by atoms with Crippen molar-refractivity contribution in [3.63, 3.8) is 0 Å². The summed E-state index contributed by atoms with van der Waals surface area (Å²) >= 11 is 0. The van der Waals surface area contributed by atoms with Gasteiger partial charge >= 0.3 is 6.18 Å². The number of ketones is 1. The zero-order valence-corrected chi connectivity index (χ0v) is 19.4. The summed E-state index contributed by atoms with van der Waals surface area (Å²) < 4.78 is 48.9. The van der Waals surface area contributed by atoms with Crippen LogP contribution in [0.5, 0.6) is 5.75 Å². The van der Waals surface area contributed by atoms with Crippen molar-refractivity contribution in [3.05, 3.63) is 107 Å². The predicted molar refractivity (Wildman–Crippen MR) is 131 cm³/mol. The molecule has 5 aromatic rings. The second-order valence-corrected chi connectivity index (χ2v) is 8.21. The molecule has 0 radical (unpaired) electrons. The molecule has 0 amide bonds. The van der Waals surface area contributed by atoms with Crippen molar-refractivity contribution in [3.8, 4) is 22.6 Å². The van der Waals surface area contributed by atoms with Crippen molar-refractivity contribution in [1.29, 1.82) is 0 Å². The molecule has 0 aliphatic heterocycles. The summed E-state index contributed by atoms with van der Waals surface area (Å²) in [7, 11) is 1.53. The molecular weight excluding hydrogens is 485 g/mol. The average Bonchev–Trinajstić information content (AvgIpc) is 3.38. The number of carbonyl (C=O) groups excluding carboxylic acids is 1. The number of para-hydroxylation sites is 1. The van der Waals surface area contributed by atoms with Gasteiger partial charge in [0.05, 0.1) is 31.1 Å². The van der Waals surface area contributed by atoms with E-state index in [0.29, 0.717) is 33.6 Å². The topological polar surface area (TPSA) is 79.0 Å². The number of carbonyl (C=O) groups is 1. The number of hydrogen-bond acceptors (Lipinski definition) is 5. The monoisotopic (exact) mass is 504 g/mol. The van der Waals surface area contributed by atoms with Gasteiger partial charge in [-0.05, 0) is 23.8 Å². The largest absolute Gasteiger partial charge is 0.497 e. The number of alkyl halides is 3. The molecule has 5 rings (SSSR count). The summed E-state index contributed by atoms with van der Waals surface area (Å²) in [5.74, 6) is -1.60. The summed E-state index contributed by atoms with van der Waals surface area (Å²) in [4.78, 5) is 26.2. The highest BCUT2D eigenvalue weighted by molar-refractivity contribution is 6.11. The lowest BCUT2D eigenvalue weighted by atomic mass is 9.93. The summed E-state index contributed by atoms with van der Waals surface area (Å²) in [6.45, 7) is -0.198. The van der Waals surface area contributed by atoms with E-state index in [0.717, 1.165) is 4.57 Å². The molecular formula is C27H19F3N4O3. The predicted octanol–water partition coefficient (Wildman–Crippen LogP) is 5.05. The molecule has 0 aliphatic carbocycles. The Hall–Kier alpha value is -4.73. The molecule has 0 aliphatic rings. The van der Waals surface area contributed by atoms with Gasteiger partial charge in [0.2, 0.25) is 0 Å². The third-order valence-corrected chi connectivity index (χ3v) is 5.90. The van der Waals surface area contributed by atoms with E-state index < -0.39 is 23.1 Å². The third kappa shape index (κ3) is 4.49. The maximum Gasteiger partial charge on any atom is 0.455 e. The highest BCUT2D eigenvalue weighted by atomic mass is 19.4. The van der Waals surface area contributed by atoms with E-state index in [2.05, 4.69) is 10.3 Å². The second kappa shape index (κ2) is 9.38. The average molecular weight is 504 g/mol. The number of nitrogens with zero attached hydrogens (tertiary/aromatic N) is 4. The van der Waals surface area contributed by atoms with Crippen LogP contribution in [0, 0.1) is 0 Å². The van der Waals surface area contributed by atoms with Crippen LogP contribution in [0.2, 0.25) is 0 Å². The zero-order valence-electron chi connectivity index (χ0n) is 19.4. The first-order valence-corrected chi connectivity index (χ1v) is 11.2. The number of rotatable bonds is 6. The van der Waals surface area contributed by atoms with Gasteiger partial charge < -0.3 is 9.30 Å². The first-order chi connectivity index (χ1) is 17.8.